The predicted octanol–water partition coefficient (Wildman–Crippen LogP) is 11.3. The highest BCUT2D eigenvalue weighted by atomic mass is 15.0. The van der Waals surface area contributed by atoms with Crippen molar-refractivity contribution in [3.05, 3.63) is 147 Å². The lowest BCUT2D eigenvalue weighted by Crippen LogP contribution is -2.24. The molecule has 7 aliphatic rings. The second-order valence-electron chi connectivity index (χ2n) is 16.4. The highest BCUT2D eigenvalue weighted by molar-refractivity contribution is 5.75. The van der Waals surface area contributed by atoms with Gasteiger partial charge in [0, 0.05) is 23.0 Å². The zero-order valence-corrected chi connectivity index (χ0v) is 30.5. The number of pyridine rings is 1. The van der Waals surface area contributed by atoms with E-state index >= 15 is 0 Å². The highest BCUT2D eigenvalue weighted by Crippen LogP contribution is 2.47. The second kappa shape index (κ2) is 13.3. The third-order valence-corrected chi connectivity index (χ3v) is 13.6. The van der Waals surface area contributed by atoms with E-state index in [0.29, 0.717) is 23.3 Å². The van der Waals surface area contributed by atoms with E-state index in [1.165, 1.54) is 78.6 Å². The molecular weight excluding hydrogens is 645 g/mol. The lowest BCUT2D eigenvalue weighted by Gasteiger charge is -2.36. The van der Waals surface area contributed by atoms with Crippen LogP contribution in [0.1, 0.15) is 104 Å². The predicted molar refractivity (Wildman–Crippen MR) is 213 cm³/mol. The van der Waals surface area contributed by atoms with Crippen LogP contribution in [0.25, 0.3) is 23.0 Å². The Morgan fingerprint density at radius 2 is 1.58 bits per heavy atom. The van der Waals surface area contributed by atoms with E-state index in [9.17, 15) is 10.5 Å². The summed E-state index contributed by atoms with van der Waals surface area (Å²) in [5.74, 6) is 2.67. The normalized spacial score (nSPS) is 27.1. The van der Waals surface area contributed by atoms with Crippen molar-refractivity contribution in [2.45, 2.75) is 89.4 Å². The van der Waals surface area contributed by atoms with Crippen molar-refractivity contribution >= 4 is 11.7 Å². The van der Waals surface area contributed by atoms with Crippen LogP contribution < -0.4 is 0 Å². The van der Waals surface area contributed by atoms with E-state index in [0.717, 1.165) is 66.9 Å². The molecule has 4 heteroatoms. The van der Waals surface area contributed by atoms with Crippen molar-refractivity contribution in [1.82, 2.24) is 9.38 Å². The summed E-state index contributed by atoms with van der Waals surface area (Å²) in [5, 5.41) is 19.1. The average molecular weight is 691 g/mol. The van der Waals surface area contributed by atoms with Crippen LogP contribution in [-0.2, 0) is 19.3 Å². The molecule has 3 aromatic rings. The first-order chi connectivity index (χ1) is 26.1. The number of rotatable bonds is 4. The number of aromatic nitrogens is 2. The summed E-state index contributed by atoms with van der Waals surface area (Å²) in [5.41, 5.74) is 17.8. The molecule has 0 amide bonds. The average Bonchev–Trinajstić information content (AvgIpc) is 3.64. The van der Waals surface area contributed by atoms with Crippen LogP contribution in [0, 0.1) is 46.3 Å². The van der Waals surface area contributed by atoms with Crippen molar-refractivity contribution < 1.29 is 0 Å². The molecule has 0 bridgehead atoms. The molecule has 4 nitrogen and oxygen atoms in total. The minimum absolute atomic E-state index is 0.103. The van der Waals surface area contributed by atoms with Gasteiger partial charge in [0.05, 0.1) is 34.8 Å². The van der Waals surface area contributed by atoms with Gasteiger partial charge in [-0.2, -0.15) is 10.5 Å². The Balaban J connectivity index is 0.995. The summed E-state index contributed by atoms with van der Waals surface area (Å²) in [7, 11) is 0. The molecule has 53 heavy (non-hydrogen) atoms. The minimum atomic E-state index is 0.103. The second-order valence-corrected chi connectivity index (χ2v) is 16.4. The molecule has 1 aromatic carbocycles. The summed E-state index contributed by atoms with van der Waals surface area (Å²) in [4.78, 5) is 5.51. The SMILES string of the molecule is N#CC1=CCC(c2c(-c3ccc(C#N)cc3)nc3c4c(c5c(n23)C=CCC5)CC(C2=CC3=CCC(C5=CC6=CCCCC6CC5)CC3C=C2)CC4)C=C1. The van der Waals surface area contributed by atoms with Crippen molar-refractivity contribution in [1.29, 1.82) is 10.5 Å². The molecule has 7 aliphatic carbocycles. The van der Waals surface area contributed by atoms with E-state index in [4.69, 9.17) is 4.98 Å². The van der Waals surface area contributed by atoms with E-state index in [-0.39, 0.29) is 5.92 Å². The van der Waals surface area contributed by atoms with E-state index in [1.54, 1.807) is 16.7 Å². The number of hydrogen-bond donors (Lipinski definition) is 0. The van der Waals surface area contributed by atoms with Gasteiger partial charge in [0.1, 0.15) is 5.65 Å². The summed E-state index contributed by atoms with van der Waals surface area (Å²) in [6.07, 6.45) is 41.5. The Kier molecular flexibility index (Phi) is 8.17. The van der Waals surface area contributed by atoms with E-state index < -0.39 is 0 Å². The van der Waals surface area contributed by atoms with Gasteiger partial charge < -0.3 is 0 Å². The zero-order valence-electron chi connectivity index (χ0n) is 30.5. The molecule has 5 unspecified atom stereocenters. The summed E-state index contributed by atoms with van der Waals surface area (Å²) in [6, 6.07) is 12.5. The van der Waals surface area contributed by atoms with Crippen LogP contribution >= 0.6 is 0 Å². The van der Waals surface area contributed by atoms with Gasteiger partial charge in [-0.15, -0.1) is 0 Å². The molecule has 262 valence electrons. The van der Waals surface area contributed by atoms with Crippen molar-refractivity contribution in [2.75, 3.05) is 0 Å². The largest absolute Gasteiger partial charge is 0.295 e. The first-order valence-electron chi connectivity index (χ1n) is 20.2. The number of benzene rings is 1. The molecule has 0 saturated carbocycles. The van der Waals surface area contributed by atoms with Crippen LogP contribution in [0.15, 0.2) is 113 Å². The Hall–Kier alpha value is -5.19. The number of nitrogens with zero attached hydrogens (tertiary/aromatic N) is 4. The summed E-state index contributed by atoms with van der Waals surface area (Å²) < 4.78 is 2.47. The Bertz CT molecular complexity index is 2370. The van der Waals surface area contributed by atoms with Crippen LogP contribution in [0.2, 0.25) is 0 Å². The van der Waals surface area contributed by atoms with Crippen molar-refractivity contribution in [3.63, 3.8) is 0 Å². The topological polar surface area (TPSA) is 64.9 Å². The number of nitriles is 2. The van der Waals surface area contributed by atoms with Gasteiger partial charge in [0.15, 0.2) is 0 Å². The molecule has 10 rings (SSSR count). The maximum absolute atomic E-state index is 9.58. The molecule has 0 radical (unpaired) electrons. The van der Waals surface area contributed by atoms with Gasteiger partial charge in [-0.05, 0) is 159 Å². The molecule has 0 saturated heterocycles. The fraction of sp³-hybridized carbons (Fsp3) is 0.367. The summed E-state index contributed by atoms with van der Waals surface area (Å²) >= 11 is 0. The van der Waals surface area contributed by atoms with Crippen molar-refractivity contribution in [2.24, 2.45) is 23.7 Å². The molecule has 0 spiro atoms. The third kappa shape index (κ3) is 5.66. The van der Waals surface area contributed by atoms with Crippen LogP contribution in [0.4, 0.5) is 0 Å². The fourth-order valence-electron chi connectivity index (χ4n) is 10.7. The monoisotopic (exact) mass is 690 g/mol. The number of hydrogen-bond acceptors (Lipinski definition) is 3. The first kappa shape index (κ1) is 32.5. The van der Waals surface area contributed by atoms with Crippen LogP contribution in [0.3, 0.4) is 0 Å². The lowest BCUT2D eigenvalue weighted by molar-refractivity contribution is 0.420. The first-order valence-corrected chi connectivity index (χ1v) is 20.2. The minimum Gasteiger partial charge on any atom is -0.295 e. The fourth-order valence-corrected chi connectivity index (χ4v) is 10.7. The molecule has 0 fully saturated rings. The molecule has 2 heterocycles. The Morgan fingerprint density at radius 3 is 2.43 bits per heavy atom. The molecular formula is C49H46N4. The van der Waals surface area contributed by atoms with Crippen LogP contribution in [-0.4, -0.2) is 9.38 Å². The molecule has 0 aliphatic heterocycles. The third-order valence-electron chi connectivity index (χ3n) is 13.6. The van der Waals surface area contributed by atoms with Gasteiger partial charge in [-0.25, -0.2) is 4.98 Å². The Morgan fingerprint density at radius 1 is 0.698 bits per heavy atom. The number of aryl methyl sites for hydroxylation is 1. The standard InChI is InChI=1S/C49H46N4/c50-29-31-9-13-34(14-10-31)47-48(35-15-11-32(30-51)12-16-35)53-46-8-4-3-7-43(46)45-28-42(23-24-44(45)49(53)52-47)41-22-21-39-26-38(19-20-40(39)27-41)37-18-17-33-5-1-2-6-36(33)25-37/h4,6,8-15,20-22,25,27,33,35,38-39,42H,1-3,5,7,16-19,23-24,26,28H2. The van der Waals surface area contributed by atoms with Crippen LogP contribution in [0.5, 0.6) is 0 Å². The van der Waals surface area contributed by atoms with Gasteiger partial charge in [0.2, 0.25) is 0 Å². The molecule has 5 atom stereocenters. The maximum Gasteiger partial charge on any atom is 0.141 e. The molecule has 0 N–H and O–H groups in total. The highest BCUT2D eigenvalue weighted by Gasteiger charge is 2.34. The maximum atomic E-state index is 9.58. The zero-order chi connectivity index (χ0) is 35.5. The van der Waals surface area contributed by atoms with Gasteiger partial charge >= 0.3 is 0 Å². The van der Waals surface area contributed by atoms with Gasteiger partial charge in [-0.1, -0.05) is 72.4 Å². The van der Waals surface area contributed by atoms with Gasteiger partial charge in [-0.3, -0.25) is 4.40 Å². The summed E-state index contributed by atoms with van der Waals surface area (Å²) in [6.45, 7) is 0. The van der Waals surface area contributed by atoms with E-state index in [2.05, 4.69) is 77.3 Å². The van der Waals surface area contributed by atoms with Crippen molar-refractivity contribution in [3.8, 4) is 23.4 Å². The lowest BCUT2D eigenvalue weighted by atomic mass is 9.69. The smallest absolute Gasteiger partial charge is 0.141 e. The molecule has 2 aromatic heterocycles. The number of fused-ring (bicyclic) bond motifs is 8. The quantitative estimate of drug-likeness (QED) is 0.274. The van der Waals surface area contributed by atoms with E-state index in [1.807, 2.05) is 30.3 Å². The number of imidazole rings is 1. The Labute approximate surface area is 313 Å². The number of allylic oxidation sites excluding steroid dienone is 15. The van der Waals surface area contributed by atoms with Gasteiger partial charge in [0.25, 0.3) is 0 Å².